The first kappa shape index (κ1) is 11.9. The fraction of sp³-hybridized carbons (Fsp3) is 0.308. The van der Waals surface area contributed by atoms with Crippen molar-refractivity contribution >= 4 is 11.0 Å². The Bertz CT molecular complexity index is 654. The highest BCUT2D eigenvalue weighted by Crippen LogP contribution is 2.14. The third kappa shape index (κ3) is 2.34. The number of hydrogen-bond acceptors (Lipinski definition) is 5. The van der Waals surface area contributed by atoms with E-state index >= 15 is 0 Å². The average Bonchev–Trinajstić information content (AvgIpc) is 3.04. The van der Waals surface area contributed by atoms with Crippen LogP contribution in [0.5, 0.6) is 0 Å². The first-order valence-electron chi connectivity index (χ1n) is 6.28. The summed E-state index contributed by atoms with van der Waals surface area (Å²) in [4.78, 5) is 12.0. The summed E-state index contributed by atoms with van der Waals surface area (Å²) in [7, 11) is 0. The zero-order valence-corrected chi connectivity index (χ0v) is 10.6. The summed E-state index contributed by atoms with van der Waals surface area (Å²) in [6, 6.07) is 7.68. The number of imidazole rings is 1. The van der Waals surface area contributed by atoms with Crippen molar-refractivity contribution in [1.82, 2.24) is 20.1 Å². The lowest BCUT2D eigenvalue weighted by atomic mass is 10.2. The van der Waals surface area contributed by atoms with Gasteiger partial charge in [0.1, 0.15) is 5.82 Å². The molecule has 0 bridgehead atoms. The molecule has 2 aromatic heterocycles. The quantitative estimate of drug-likeness (QED) is 0.745. The zero-order valence-electron chi connectivity index (χ0n) is 10.6. The Morgan fingerprint density at radius 3 is 2.95 bits per heavy atom. The van der Waals surface area contributed by atoms with Crippen molar-refractivity contribution in [3.63, 3.8) is 0 Å². The summed E-state index contributed by atoms with van der Waals surface area (Å²) in [6.07, 6.45) is 1.28. The van der Waals surface area contributed by atoms with Crippen LogP contribution in [0.3, 0.4) is 0 Å². The number of fused-ring (bicyclic) bond motifs is 1. The predicted molar refractivity (Wildman–Crippen MR) is 70.4 cm³/mol. The Balaban J connectivity index is 1.82. The van der Waals surface area contributed by atoms with E-state index in [9.17, 15) is 0 Å². The molecule has 1 atom stereocenters. The normalized spacial score (nSPS) is 12.9. The number of para-hydroxylation sites is 2. The lowest BCUT2D eigenvalue weighted by molar-refractivity contribution is 0.348. The molecule has 0 aliphatic rings. The maximum absolute atomic E-state index is 5.84. The summed E-state index contributed by atoms with van der Waals surface area (Å²) in [5.41, 5.74) is 7.79. The summed E-state index contributed by atoms with van der Waals surface area (Å²) in [5, 5.41) is 3.92. The monoisotopic (exact) mass is 257 g/mol. The third-order valence-corrected chi connectivity index (χ3v) is 3.00. The lowest BCUT2D eigenvalue weighted by Crippen LogP contribution is -2.09. The number of hydrogen-bond donors (Lipinski definition) is 2. The van der Waals surface area contributed by atoms with Crippen molar-refractivity contribution in [3.8, 4) is 0 Å². The van der Waals surface area contributed by atoms with Gasteiger partial charge in [-0.1, -0.05) is 24.2 Å². The van der Waals surface area contributed by atoms with Crippen LogP contribution in [0.1, 0.15) is 36.9 Å². The number of aromatic amines is 1. The average molecular weight is 257 g/mol. The van der Waals surface area contributed by atoms with Crippen LogP contribution in [0.15, 0.2) is 28.8 Å². The van der Waals surface area contributed by atoms with Gasteiger partial charge in [-0.25, -0.2) is 4.98 Å². The molecule has 0 amide bonds. The van der Waals surface area contributed by atoms with E-state index in [1.807, 2.05) is 31.2 Å². The van der Waals surface area contributed by atoms with Crippen LogP contribution in [0, 0.1) is 0 Å². The first-order valence-corrected chi connectivity index (χ1v) is 6.28. The minimum absolute atomic E-state index is 0.197. The second kappa shape index (κ2) is 4.81. The molecule has 6 nitrogen and oxygen atoms in total. The van der Waals surface area contributed by atoms with Gasteiger partial charge in [0.25, 0.3) is 0 Å². The second-order valence-corrected chi connectivity index (χ2v) is 4.44. The molecule has 0 spiro atoms. The van der Waals surface area contributed by atoms with Gasteiger partial charge in [-0.05, 0) is 18.6 Å². The van der Waals surface area contributed by atoms with Gasteiger partial charge >= 0.3 is 0 Å². The van der Waals surface area contributed by atoms with Crippen LogP contribution < -0.4 is 5.73 Å². The summed E-state index contributed by atoms with van der Waals surface area (Å²) >= 11 is 0. The molecule has 0 radical (unpaired) electrons. The molecule has 1 aromatic carbocycles. The van der Waals surface area contributed by atoms with Crippen molar-refractivity contribution in [2.45, 2.75) is 25.8 Å². The highest BCUT2D eigenvalue weighted by molar-refractivity contribution is 5.74. The molecule has 3 rings (SSSR count). The Morgan fingerprint density at radius 2 is 2.16 bits per heavy atom. The van der Waals surface area contributed by atoms with Crippen molar-refractivity contribution in [2.75, 3.05) is 0 Å². The van der Waals surface area contributed by atoms with Gasteiger partial charge in [-0.2, -0.15) is 4.98 Å². The molecule has 19 heavy (non-hydrogen) atoms. The smallest absolute Gasteiger partial charge is 0.243 e. The zero-order chi connectivity index (χ0) is 13.2. The van der Waals surface area contributed by atoms with Gasteiger partial charge in [0.15, 0.2) is 5.82 Å². The fourth-order valence-corrected chi connectivity index (χ4v) is 1.90. The van der Waals surface area contributed by atoms with Crippen molar-refractivity contribution in [2.24, 2.45) is 5.73 Å². The van der Waals surface area contributed by atoms with E-state index in [0.717, 1.165) is 23.3 Å². The van der Waals surface area contributed by atoms with Gasteiger partial charge in [0, 0.05) is 0 Å². The highest BCUT2D eigenvalue weighted by Gasteiger charge is 2.14. The van der Waals surface area contributed by atoms with E-state index in [1.54, 1.807) is 0 Å². The Labute approximate surface area is 110 Å². The maximum atomic E-state index is 5.84. The summed E-state index contributed by atoms with van der Waals surface area (Å²) in [5.74, 6) is 1.89. The number of benzene rings is 1. The fourth-order valence-electron chi connectivity index (χ4n) is 1.90. The molecule has 0 aliphatic carbocycles. The minimum Gasteiger partial charge on any atom is -0.342 e. The minimum atomic E-state index is -0.197. The first-order chi connectivity index (χ1) is 9.26. The largest absolute Gasteiger partial charge is 0.342 e. The molecule has 6 heteroatoms. The molecule has 1 unspecified atom stereocenters. The van der Waals surface area contributed by atoms with Crippen LogP contribution >= 0.6 is 0 Å². The second-order valence-electron chi connectivity index (χ2n) is 4.44. The molecular weight excluding hydrogens is 242 g/mol. The van der Waals surface area contributed by atoms with E-state index < -0.39 is 0 Å². The van der Waals surface area contributed by atoms with Gasteiger partial charge in [-0.3, -0.25) is 0 Å². The van der Waals surface area contributed by atoms with E-state index in [0.29, 0.717) is 18.1 Å². The third-order valence-electron chi connectivity index (χ3n) is 3.00. The summed E-state index contributed by atoms with van der Waals surface area (Å²) in [6.45, 7) is 1.98. The van der Waals surface area contributed by atoms with E-state index in [-0.39, 0.29) is 6.04 Å². The molecule has 0 fully saturated rings. The van der Waals surface area contributed by atoms with Crippen LogP contribution in [0.25, 0.3) is 11.0 Å². The number of nitrogens with one attached hydrogen (secondary N) is 1. The Hall–Kier alpha value is -2.21. The van der Waals surface area contributed by atoms with Gasteiger partial charge in [0.2, 0.25) is 5.89 Å². The highest BCUT2D eigenvalue weighted by atomic mass is 16.5. The van der Waals surface area contributed by atoms with Crippen LogP contribution in [-0.4, -0.2) is 20.1 Å². The van der Waals surface area contributed by atoms with Crippen molar-refractivity contribution < 1.29 is 4.52 Å². The molecule has 98 valence electrons. The van der Waals surface area contributed by atoms with Crippen LogP contribution in [0.2, 0.25) is 0 Å². The SMILES string of the molecule is CCC(N)c1nc(Cc2nc3ccccc3[nH]2)no1. The molecule has 0 aliphatic heterocycles. The lowest BCUT2D eigenvalue weighted by Gasteiger charge is -1.98. The Morgan fingerprint density at radius 1 is 1.32 bits per heavy atom. The topological polar surface area (TPSA) is 93.6 Å². The molecule has 3 N–H and O–H groups in total. The van der Waals surface area contributed by atoms with Crippen molar-refractivity contribution in [3.05, 3.63) is 41.8 Å². The number of nitrogens with zero attached hydrogens (tertiary/aromatic N) is 3. The Kier molecular flexibility index (Phi) is 3.00. The van der Waals surface area contributed by atoms with E-state index in [2.05, 4.69) is 20.1 Å². The van der Waals surface area contributed by atoms with Crippen LogP contribution in [-0.2, 0) is 6.42 Å². The molecule has 3 aromatic rings. The number of rotatable bonds is 4. The molecule has 2 heterocycles. The van der Waals surface area contributed by atoms with Gasteiger partial charge < -0.3 is 15.2 Å². The molecular formula is C13H15N5O. The maximum Gasteiger partial charge on any atom is 0.243 e. The van der Waals surface area contributed by atoms with Gasteiger partial charge in [0.05, 0.1) is 23.5 Å². The number of H-pyrrole nitrogens is 1. The van der Waals surface area contributed by atoms with Gasteiger partial charge in [-0.15, -0.1) is 0 Å². The standard InChI is InChI=1S/C13H15N5O/c1-2-8(14)13-17-12(18-19-13)7-11-15-9-5-3-4-6-10(9)16-11/h3-6,8H,2,7,14H2,1H3,(H,15,16). The molecule has 0 saturated carbocycles. The molecule has 0 saturated heterocycles. The van der Waals surface area contributed by atoms with E-state index in [4.69, 9.17) is 10.3 Å². The van der Waals surface area contributed by atoms with Crippen molar-refractivity contribution in [1.29, 1.82) is 0 Å². The van der Waals surface area contributed by atoms with E-state index in [1.165, 1.54) is 0 Å². The summed E-state index contributed by atoms with van der Waals surface area (Å²) < 4.78 is 5.14. The van der Waals surface area contributed by atoms with Crippen LogP contribution in [0.4, 0.5) is 0 Å². The number of nitrogens with two attached hydrogens (primary N) is 1. The number of aromatic nitrogens is 4. The predicted octanol–water partition coefficient (Wildman–Crippen LogP) is 1.95.